The minimum absolute atomic E-state index is 0.0425. The number of alkyl halides is 3. The van der Waals surface area contributed by atoms with E-state index in [2.05, 4.69) is 11.4 Å². The average molecular weight is 473 g/mol. The number of hydrogen-bond donors (Lipinski definition) is 1. The van der Waals surface area contributed by atoms with Crippen LogP contribution in [0.2, 0.25) is 0 Å². The lowest BCUT2D eigenvalue weighted by atomic mass is 9.92. The van der Waals surface area contributed by atoms with E-state index in [1.807, 2.05) is 0 Å². The summed E-state index contributed by atoms with van der Waals surface area (Å²) < 4.78 is 65.6. The van der Waals surface area contributed by atoms with Crippen molar-refractivity contribution in [3.05, 3.63) is 29.8 Å². The van der Waals surface area contributed by atoms with E-state index in [1.165, 1.54) is 0 Å². The molecule has 3 rings (SSSR count). The van der Waals surface area contributed by atoms with Crippen LogP contribution in [-0.4, -0.2) is 61.8 Å². The molecular weight excluding hydrogens is 445 g/mol. The number of rotatable bonds is 5. The number of nitrogens with zero attached hydrogens (tertiary/aromatic N) is 3. The molecule has 1 saturated carbocycles. The van der Waals surface area contributed by atoms with Crippen molar-refractivity contribution in [2.75, 3.05) is 32.7 Å². The standard InChI is InChI=1S/C21H27F3N4O3S/c22-21(23,24)17-6-5-7-18(14-17)32(30,31)28-12-10-27(11-13-28)15-19(29)26-20(16-25)8-3-1-2-4-9-20/h5-7,14H,1-4,8-13,15H2,(H,26,29). The highest BCUT2D eigenvalue weighted by molar-refractivity contribution is 7.89. The third-order valence-corrected chi connectivity index (χ3v) is 7.94. The van der Waals surface area contributed by atoms with Gasteiger partial charge in [-0.1, -0.05) is 31.7 Å². The average Bonchev–Trinajstić information content (AvgIpc) is 2.99. The summed E-state index contributed by atoms with van der Waals surface area (Å²) >= 11 is 0. The topological polar surface area (TPSA) is 93.5 Å². The lowest BCUT2D eigenvalue weighted by Crippen LogP contribution is -2.54. The van der Waals surface area contributed by atoms with Crippen LogP contribution in [0.3, 0.4) is 0 Å². The number of carbonyl (C=O) groups is 1. The molecule has 7 nitrogen and oxygen atoms in total. The minimum Gasteiger partial charge on any atom is -0.337 e. The van der Waals surface area contributed by atoms with Gasteiger partial charge in [-0.15, -0.1) is 0 Å². The largest absolute Gasteiger partial charge is 0.416 e. The molecule has 0 unspecified atom stereocenters. The third-order valence-electron chi connectivity index (χ3n) is 6.05. The van der Waals surface area contributed by atoms with Crippen LogP contribution in [-0.2, 0) is 21.0 Å². The molecule has 32 heavy (non-hydrogen) atoms. The van der Waals surface area contributed by atoms with Crippen LogP contribution >= 0.6 is 0 Å². The number of nitrogens with one attached hydrogen (secondary N) is 1. The Bertz CT molecular complexity index is 959. The molecular formula is C21H27F3N4O3S. The second-order valence-corrected chi connectivity index (χ2v) is 10.3. The van der Waals surface area contributed by atoms with Crippen LogP contribution in [0.5, 0.6) is 0 Å². The number of benzene rings is 1. The van der Waals surface area contributed by atoms with Crippen LogP contribution < -0.4 is 5.32 Å². The zero-order valence-electron chi connectivity index (χ0n) is 17.7. The number of sulfonamides is 1. The van der Waals surface area contributed by atoms with Gasteiger partial charge in [-0.2, -0.15) is 22.7 Å². The van der Waals surface area contributed by atoms with E-state index in [9.17, 15) is 31.6 Å². The van der Waals surface area contributed by atoms with Gasteiger partial charge < -0.3 is 5.32 Å². The fourth-order valence-corrected chi connectivity index (χ4v) is 5.68. The van der Waals surface area contributed by atoms with E-state index in [0.717, 1.165) is 48.2 Å². The maximum Gasteiger partial charge on any atom is 0.416 e. The van der Waals surface area contributed by atoms with Crippen molar-refractivity contribution in [2.24, 2.45) is 0 Å². The summed E-state index contributed by atoms with van der Waals surface area (Å²) in [6.45, 7) is 0.710. The van der Waals surface area contributed by atoms with Crippen molar-refractivity contribution in [3.8, 4) is 6.07 Å². The number of piperazine rings is 1. The van der Waals surface area contributed by atoms with E-state index in [0.29, 0.717) is 18.9 Å². The van der Waals surface area contributed by atoms with Gasteiger partial charge in [0.05, 0.1) is 23.1 Å². The first-order chi connectivity index (χ1) is 15.1. The van der Waals surface area contributed by atoms with Crippen molar-refractivity contribution in [1.82, 2.24) is 14.5 Å². The first-order valence-electron chi connectivity index (χ1n) is 10.7. The van der Waals surface area contributed by atoms with Gasteiger partial charge in [0.2, 0.25) is 15.9 Å². The molecule has 176 valence electrons. The number of nitriles is 1. The van der Waals surface area contributed by atoms with Gasteiger partial charge in [0.1, 0.15) is 5.54 Å². The Balaban J connectivity index is 1.58. The highest BCUT2D eigenvalue weighted by Crippen LogP contribution is 2.31. The molecule has 0 spiro atoms. The molecule has 0 bridgehead atoms. The highest BCUT2D eigenvalue weighted by atomic mass is 32.2. The number of hydrogen-bond acceptors (Lipinski definition) is 5. The first kappa shape index (κ1) is 24.5. The molecule has 1 aromatic rings. The van der Waals surface area contributed by atoms with Gasteiger partial charge in [-0.3, -0.25) is 9.69 Å². The van der Waals surface area contributed by atoms with E-state index in [1.54, 1.807) is 4.90 Å². The number of amides is 1. The summed E-state index contributed by atoms with van der Waals surface area (Å²) in [5, 5.41) is 12.5. The molecule has 2 aliphatic rings. The summed E-state index contributed by atoms with van der Waals surface area (Å²) in [6, 6.07) is 5.97. The fourth-order valence-electron chi connectivity index (χ4n) is 4.22. The Morgan fingerprint density at radius 1 is 1.09 bits per heavy atom. The summed E-state index contributed by atoms with van der Waals surface area (Å²) in [6.07, 6.45) is 0.481. The Labute approximate surface area is 186 Å². The normalized spacial score (nSPS) is 20.8. The van der Waals surface area contributed by atoms with E-state index < -0.39 is 32.2 Å². The summed E-state index contributed by atoms with van der Waals surface area (Å²) in [7, 11) is -4.07. The van der Waals surface area contributed by atoms with Crippen LogP contribution in [0.1, 0.15) is 44.1 Å². The van der Waals surface area contributed by atoms with E-state index in [4.69, 9.17) is 0 Å². The minimum atomic E-state index is -4.63. The van der Waals surface area contributed by atoms with Crippen molar-refractivity contribution >= 4 is 15.9 Å². The Morgan fingerprint density at radius 3 is 2.28 bits per heavy atom. The maximum absolute atomic E-state index is 12.9. The molecule has 1 saturated heterocycles. The van der Waals surface area contributed by atoms with Crippen molar-refractivity contribution in [1.29, 1.82) is 5.26 Å². The molecule has 1 aliphatic heterocycles. The monoisotopic (exact) mass is 472 g/mol. The van der Waals surface area contributed by atoms with Crippen LogP contribution in [0.25, 0.3) is 0 Å². The highest BCUT2D eigenvalue weighted by Gasteiger charge is 2.35. The molecule has 2 fully saturated rings. The fraction of sp³-hybridized carbons (Fsp3) is 0.619. The Morgan fingerprint density at radius 2 is 1.72 bits per heavy atom. The van der Waals surface area contributed by atoms with Gasteiger partial charge in [0, 0.05) is 26.2 Å². The number of halogens is 3. The molecule has 11 heteroatoms. The number of carbonyl (C=O) groups excluding carboxylic acids is 1. The summed E-state index contributed by atoms with van der Waals surface area (Å²) in [5.41, 5.74) is -1.86. The third kappa shape index (κ3) is 5.79. The quantitative estimate of drug-likeness (QED) is 0.666. The van der Waals surface area contributed by atoms with Crippen molar-refractivity contribution in [2.45, 2.75) is 55.1 Å². The second-order valence-electron chi connectivity index (χ2n) is 8.36. The predicted octanol–water partition coefficient (Wildman–Crippen LogP) is 2.74. The lowest BCUT2D eigenvalue weighted by Gasteiger charge is -2.34. The smallest absolute Gasteiger partial charge is 0.337 e. The summed E-state index contributed by atoms with van der Waals surface area (Å²) in [4.78, 5) is 13.9. The van der Waals surface area contributed by atoms with Crippen LogP contribution in [0.15, 0.2) is 29.2 Å². The molecule has 0 aromatic heterocycles. The molecule has 1 heterocycles. The molecule has 1 aromatic carbocycles. The Kier molecular flexibility index (Phi) is 7.47. The van der Waals surface area contributed by atoms with Gasteiger partial charge >= 0.3 is 6.18 Å². The zero-order valence-corrected chi connectivity index (χ0v) is 18.5. The first-order valence-corrected chi connectivity index (χ1v) is 12.1. The van der Waals surface area contributed by atoms with E-state index in [-0.39, 0.29) is 38.6 Å². The van der Waals surface area contributed by atoms with Gasteiger partial charge in [-0.25, -0.2) is 8.42 Å². The summed E-state index contributed by atoms with van der Waals surface area (Å²) in [5.74, 6) is -0.275. The molecule has 1 N–H and O–H groups in total. The van der Waals surface area contributed by atoms with Gasteiger partial charge in [-0.05, 0) is 31.0 Å². The van der Waals surface area contributed by atoms with Crippen LogP contribution in [0, 0.1) is 11.3 Å². The second kappa shape index (κ2) is 9.77. The Hall–Kier alpha value is -2.16. The lowest BCUT2D eigenvalue weighted by molar-refractivity contribution is -0.137. The molecule has 1 amide bonds. The van der Waals surface area contributed by atoms with Gasteiger partial charge in [0.15, 0.2) is 0 Å². The van der Waals surface area contributed by atoms with Crippen LogP contribution in [0.4, 0.5) is 13.2 Å². The van der Waals surface area contributed by atoms with Crippen molar-refractivity contribution in [3.63, 3.8) is 0 Å². The molecule has 1 aliphatic carbocycles. The molecule has 0 radical (unpaired) electrons. The maximum atomic E-state index is 12.9. The SMILES string of the molecule is N#CC1(NC(=O)CN2CCN(S(=O)(=O)c3cccc(C(F)(F)F)c3)CC2)CCCCCC1. The van der Waals surface area contributed by atoms with E-state index >= 15 is 0 Å². The van der Waals surface area contributed by atoms with Gasteiger partial charge in [0.25, 0.3) is 0 Å². The molecule has 0 atom stereocenters. The predicted molar refractivity (Wildman–Crippen MR) is 111 cm³/mol. The zero-order chi connectivity index (χ0) is 23.4. The van der Waals surface area contributed by atoms with Crippen molar-refractivity contribution < 1.29 is 26.4 Å².